The molecule has 0 saturated carbocycles. The van der Waals surface area contributed by atoms with Crippen molar-refractivity contribution in [1.82, 2.24) is 14.9 Å². The summed E-state index contributed by atoms with van der Waals surface area (Å²) in [5, 5.41) is 6.30. The standard InChI is InChI=1S/C31H30N6O4/c1-36(2)16-13-27(38)37(3)22-9-7-21(8-10-22)34-29(19-6-12-24-26(17-19)33-15-14-32-24)28-23-11-5-20(31(40)41-4)18-25(23)35-30(28)39/h5-12,14-15,17-18,34H,13,16H2,1-4H3,(H,35,39)/b29-28-. The molecule has 10 heteroatoms. The van der Waals surface area contributed by atoms with Crippen molar-refractivity contribution in [2.75, 3.05) is 50.3 Å². The second kappa shape index (κ2) is 11.6. The number of aromatic nitrogens is 2. The molecule has 5 rings (SSSR count). The fourth-order valence-corrected chi connectivity index (χ4v) is 4.61. The van der Waals surface area contributed by atoms with Crippen molar-refractivity contribution in [3.8, 4) is 0 Å². The second-order valence-electron chi connectivity index (χ2n) is 9.89. The van der Waals surface area contributed by atoms with Crippen LogP contribution in [0.15, 0.2) is 73.1 Å². The first-order valence-corrected chi connectivity index (χ1v) is 13.0. The van der Waals surface area contributed by atoms with Gasteiger partial charge in [-0.3, -0.25) is 19.6 Å². The Bertz CT molecular complexity index is 1680. The SMILES string of the molecule is COC(=O)c1ccc2c(c1)NC(=O)/C2=C(\Nc1ccc(N(C)C(=O)CCN(C)C)cc1)c1ccc2nccnc2c1. The van der Waals surface area contributed by atoms with Crippen molar-refractivity contribution in [2.24, 2.45) is 0 Å². The molecule has 0 fully saturated rings. The van der Waals surface area contributed by atoms with Gasteiger partial charge in [0.05, 0.1) is 40.7 Å². The summed E-state index contributed by atoms with van der Waals surface area (Å²) in [6.45, 7) is 0.667. The van der Waals surface area contributed by atoms with Gasteiger partial charge in [0.2, 0.25) is 5.91 Å². The number of hydrogen-bond donors (Lipinski definition) is 2. The van der Waals surface area contributed by atoms with Crippen LogP contribution in [0, 0.1) is 0 Å². The molecule has 10 nitrogen and oxygen atoms in total. The number of esters is 1. The first-order chi connectivity index (χ1) is 19.7. The van der Waals surface area contributed by atoms with E-state index in [0.717, 1.165) is 22.5 Å². The van der Waals surface area contributed by atoms with E-state index in [9.17, 15) is 14.4 Å². The normalized spacial score (nSPS) is 13.5. The van der Waals surface area contributed by atoms with Crippen LogP contribution in [-0.4, -0.2) is 67.4 Å². The van der Waals surface area contributed by atoms with Crippen molar-refractivity contribution in [2.45, 2.75) is 6.42 Å². The molecule has 41 heavy (non-hydrogen) atoms. The summed E-state index contributed by atoms with van der Waals surface area (Å²) in [4.78, 5) is 50.5. The molecule has 1 aromatic heterocycles. The zero-order valence-electron chi connectivity index (χ0n) is 23.3. The summed E-state index contributed by atoms with van der Waals surface area (Å²) >= 11 is 0. The monoisotopic (exact) mass is 550 g/mol. The smallest absolute Gasteiger partial charge is 0.337 e. The molecule has 0 spiro atoms. The number of fused-ring (bicyclic) bond motifs is 2. The first kappa shape index (κ1) is 27.5. The van der Waals surface area contributed by atoms with E-state index in [1.165, 1.54) is 7.11 Å². The van der Waals surface area contributed by atoms with Gasteiger partial charge in [-0.15, -0.1) is 0 Å². The average molecular weight is 551 g/mol. The maximum atomic E-state index is 13.4. The van der Waals surface area contributed by atoms with E-state index in [2.05, 4.69) is 20.6 Å². The average Bonchev–Trinajstić information content (AvgIpc) is 3.32. The van der Waals surface area contributed by atoms with Gasteiger partial charge in [-0.2, -0.15) is 0 Å². The molecule has 208 valence electrons. The molecule has 1 aliphatic rings. The highest BCUT2D eigenvalue weighted by Crippen LogP contribution is 2.38. The minimum atomic E-state index is -0.490. The van der Waals surface area contributed by atoms with E-state index < -0.39 is 5.97 Å². The van der Waals surface area contributed by atoms with Gasteiger partial charge in [-0.25, -0.2) is 4.79 Å². The minimum absolute atomic E-state index is 0.0186. The van der Waals surface area contributed by atoms with Crippen molar-refractivity contribution >= 4 is 57.1 Å². The van der Waals surface area contributed by atoms with E-state index in [-0.39, 0.29) is 11.8 Å². The van der Waals surface area contributed by atoms with Gasteiger partial charge >= 0.3 is 5.97 Å². The van der Waals surface area contributed by atoms with Crippen LogP contribution in [0.25, 0.3) is 22.3 Å². The summed E-state index contributed by atoms with van der Waals surface area (Å²) in [7, 11) is 6.94. The lowest BCUT2D eigenvalue weighted by atomic mass is 9.98. The van der Waals surface area contributed by atoms with Crippen molar-refractivity contribution in [3.63, 3.8) is 0 Å². The number of nitrogens with zero attached hydrogens (tertiary/aromatic N) is 4. The molecule has 3 aromatic carbocycles. The predicted octanol–water partition coefficient (Wildman–Crippen LogP) is 4.26. The van der Waals surface area contributed by atoms with Crippen LogP contribution in [0.4, 0.5) is 17.1 Å². The van der Waals surface area contributed by atoms with Gasteiger partial charge in [-0.1, -0.05) is 12.1 Å². The van der Waals surface area contributed by atoms with Gasteiger partial charge in [0.25, 0.3) is 5.91 Å². The van der Waals surface area contributed by atoms with Gasteiger partial charge in [-0.05, 0) is 62.6 Å². The van der Waals surface area contributed by atoms with E-state index in [4.69, 9.17) is 4.74 Å². The Kier molecular flexibility index (Phi) is 7.75. The van der Waals surface area contributed by atoms with Crippen LogP contribution in [0.2, 0.25) is 0 Å². The Balaban J connectivity index is 1.54. The van der Waals surface area contributed by atoms with Crippen LogP contribution in [0.5, 0.6) is 0 Å². The molecule has 0 bridgehead atoms. The highest BCUT2D eigenvalue weighted by atomic mass is 16.5. The highest BCUT2D eigenvalue weighted by Gasteiger charge is 2.29. The lowest BCUT2D eigenvalue weighted by Crippen LogP contribution is -2.29. The summed E-state index contributed by atoms with van der Waals surface area (Å²) in [6, 6.07) is 18.0. The number of benzene rings is 3. The lowest BCUT2D eigenvalue weighted by Gasteiger charge is -2.20. The molecule has 0 unspecified atom stereocenters. The molecular formula is C31H30N6O4. The summed E-state index contributed by atoms with van der Waals surface area (Å²) in [5.41, 5.74) is 6.08. The Labute approximate surface area is 237 Å². The first-order valence-electron chi connectivity index (χ1n) is 13.0. The zero-order chi connectivity index (χ0) is 29.1. The molecule has 2 heterocycles. The third kappa shape index (κ3) is 5.78. The predicted molar refractivity (Wildman–Crippen MR) is 159 cm³/mol. The van der Waals surface area contributed by atoms with Gasteiger partial charge < -0.3 is 25.2 Å². The Morgan fingerprint density at radius 1 is 0.902 bits per heavy atom. The number of ether oxygens (including phenoxy) is 1. The maximum Gasteiger partial charge on any atom is 0.337 e. The van der Waals surface area contributed by atoms with E-state index in [0.29, 0.717) is 46.6 Å². The number of rotatable bonds is 8. The van der Waals surface area contributed by atoms with E-state index in [1.54, 1.807) is 42.5 Å². The summed E-state index contributed by atoms with van der Waals surface area (Å²) < 4.78 is 4.84. The highest BCUT2D eigenvalue weighted by molar-refractivity contribution is 6.37. The topological polar surface area (TPSA) is 117 Å². The number of nitrogens with one attached hydrogen (secondary N) is 2. The largest absolute Gasteiger partial charge is 0.465 e. The second-order valence-corrected chi connectivity index (χ2v) is 9.89. The number of anilines is 3. The lowest BCUT2D eigenvalue weighted by molar-refractivity contribution is -0.118. The van der Waals surface area contributed by atoms with Crippen molar-refractivity contribution < 1.29 is 19.1 Å². The minimum Gasteiger partial charge on any atom is -0.465 e. The molecule has 4 aromatic rings. The van der Waals surface area contributed by atoms with Crippen LogP contribution in [0.1, 0.15) is 27.9 Å². The number of carbonyl (C=O) groups excluding carboxylic acids is 3. The molecule has 1 aliphatic heterocycles. The van der Waals surface area contributed by atoms with Crippen LogP contribution < -0.4 is 15.5 Å². The van der Waals surface area contributed by atoms with Crippen LogP contribution in [-0.2, 0) is 14.3 Å². The molecule has 0 aliphatic carbocycles. The number of carbonyl (C=O) groups is 3. The third-order valence-corrected chi connectivity index (χ3v) is 6.86. The van der Waals surface area contributed by atoms with Crippen LogP contribution in [0.3, 0.4) is 0 Å². The molecule has 0 atom stereocenters. The van der Waals surface area contributed by atoms with Crippen molar-refractivity contribution in [1.29, 1.82) is 0 Å². The fraction of sp³-hybridized carbons (Fsp3) is 0.194. The Hall–Kier alpha value is -5.09. The van der Waals surface area contributed by atoms with Gasteiger partial charge in [0.1, 0.15) is 0 Å². The number of amides is 2. The molecule has 0 saturated heterocycles. The summed E-state index contributed by atoms with van der Waals surface area (Å²) in [5.74, 6) is -0.784. The summed E-state index contributed by atoms with van der Waals surface area (Å²) in [6.07, 6.45) is 3.66. The Morgan fingerprint density at radius 2 is 1.61 bits per heavy atom. The van der Waals surface area contributed by atoms with Crippen LogP contribution >= 0.6 is 0 Å². The fourth-order valence-electron chi connectivity index (χ4n) is 4.61. The molecular weight excluding hydrogens is 520 g/mol. The van der Waals surface area contributed by atoms with Crippen molar-refractivity contribution in [3.05, 3.63) is 89.7 Å². The van der Waals surface area contributed by atoms with Gasteiger partial charge in [0.15, 0.2) is 0 Å². The Morgan fingerprint density at radius 3 is 2.32 bits per heavy atom. The van der Waals surface area contributed by atoms with E-state index >= 15 is 0 Å². The van der Waals surface area contributed by atoms with E-state index in [1.807, 2.05) is 61.5 Å². The number of methoxy groups -OCH3 is 1. The quantitative estimate of drug-likeness (QED) is 0.247. The zero-order valence-corrected chi connectivity index (χ0v) is 23.3. The number of hydrogen-bond acceptors (Lipinski definition) is 8. The maximum absolute atomic E-state index is 13.4. The molecule has 0 radical (unpaired) electrons. The molecule has 2 N–H and O–H groups in total. The van der Waals surface area contributed by atoms with Gasteiger partial charge in [0, 0.05) is 54.9 Å². The third-order valence-electron chi connectivity index (χ3n) is 6.86. The molecule has 2 amide bonds.